The van der Waals surface area contributed by atoms with Gasteiger partial charge in [-0.2, -0.15) is 8.78 Å². The number of rotatable bonds is 9. The maximum Gasteiger partial charge on any atom is 0.387 e. The fourth-order valence-electron chi connectivity index (χ4n) is 3.13. The van der Waals surface area contributed by atoms with Gasteiger partial charge in [0.25, 0.3) is 0 Å². The van der Waals surface area contributed by atoms with Gasteiger partial charge in [-0.15, -0.1) is 6.42 Å². The maximum atomic E-state index is 12.3. The third-order valence-corrected chi connectivity index (χ3v) is 4.54. The van der Waals surface area contributed by atoms with Crippen LogP contribution in [0.15, 0.2) is 78.9 Å². The van der Waals surface area contributed by atoms with Crippen LogP contribution in [-0.4, -0.2) is 6.61 Å². The molecule has 0 aliphatic rings. The van der Waals surface area contributed by atoms with Gasteiger partial charge in [0.15, 0.2) is 0 Å². The van der Waals surface area contributed by atoms with E-state index in [0.717, 1.165) is 36.3 Å². The molecule has 0 bridgehead atoms. The van der Waals surface area contributed by atoms with Crippen molar-refractivity contribution in [3.63, 3.8) is 0 Å². The molecule has 2 nitrogen and oxygen atoms in total. The standard InChI is InChI=1S/C25H22F2O2/c1-2-20(21-14-16-23(17-15-21)29-25(26)27)10-6-8-19-9-7-13-24(18-19)28-22-11-4-3-5-12-22/h1,3-5,7,9,11-18,20,25H,6,8,10H2. The number of terminal acetylenes is 1. The first-order valence-electron chi connectivity index (χ1n) is 9.47. The Hall–Kier alpha value is -3.32. The number of hydrogen-bond donors (Lipinski definition) is 0. The first-order chi connectivity index (χ1) is 14.1. The minimum Gasteiger partial charge on any atom is -0.457 e. The molecule has 3 rings (SSSR count). The predicted molar refractivity (Wildman–Crippen MR) is 111 cm³/mol. The Morgan fingerprint density at radius 2 is 1.55 bits per heavy atom. The quantitative estimate of drug-likeness (QED) is 0.372. The molecule has 29 heavy (non-hydrogen) atoms. The number of alkyl halides is 2. The number of ether oxygens (including phenoxy) is 2. The minimum atomic E-state index is -2.83. The second-order valence-corrected chi connectivity index (χ2v) is 6.62. The van der Waals surface area contributed by atoms with Crippen molar-refractivity contribution in [2.24, 2.45) is 0 Å². The van der Waals surface area contributed by atoms with Crippen molar-refractivity contribution >= 4 is 0 Å². The third-order valence-electron chi connectivity index (χ3n) is 4.54. The van der Waals surface area contributed by atoms with Crippen LogP contribution >= 0.6 is 0 Å². The third kappa shape index (κ3) is 6.36. The number of halogens is 2. The zero-order chi connectivity index (χ0) is 20.5. The van der Waals surface area contributed by atoms with Crippen LogP contribution in [0.5, 0.6) is 17.2 Å². The highest BCUT2D eigenvalue weighted by Crippen LogP contribution is 2.26. The van der Waals surface area contributed by atoms with E-state index in [0.29, 0.717) is 0 Å². The van der Waals surface area contributed by atoms with E-state index in [1.807, 2.05) is 48.5 Å². The lowest BCUT2D eigenvalue weighted by atomic mass is 9.93. The molecule has 148 valence electrons. The lowest BCUT2D eigenvalue weighted by Gasteiger charge is -2.13. The molecule has 0 saturated carbocycles. The molecule has 1 unspecified atom stereocenters. The zero-order valence-electron chi connectivity index (χ0n) is 15.9. The first kappa shape index (κ1) is 20.4. The van der Waals surface area contributed by atoms with Crippen molar-refractivity contribution in [3.05, 3.63) is 90.0 Å². The molecule has 0 radical (unpaired) electrons. The van der Waals surface area contributed by atoms with Gasteiger partial charge in [-0.3, -0.25) is 0 Å². The molecule has 1 atom stereocenters. The van der Waals surface area contributed by atoms with E-state index < -0.39 is 6.61 Å². The van der Waals surface area contributed by atoms with Gasteiger partial charge < -0.3 is 9.47 Å². The fourth-order valence-corrected chi connectivity index (χ4v) is 3.13. The topological polar surface area (TPSA) is 18.5 Å². The lowest BCUT2D eigenvalue weighted by molar-refractivity contribution is -0.0498. The Bertz CT molecular complexity index is 931. The summed E-state index contributed by atoms with van der Waals surface area (Å²) in [5.41, 5.74) is 2.10. The average molecular weight is 392 g/mol. The van der Waals surface area contributed by atoms with E-state index in [4.69, 9.17) is 11.2 Å². The summed E-state index contributed by atoms with van der Waals surface area (Å²) >= 11 is 0. The summed E-state index contributed by atoms with van der Waals surface area (Å²) in [5, 5.41) is 0. The SMILES string of the molecule is C#CC(CCCc1cccc(Oc2ccccc2)c1)c1ccc(OC(F)F)cc1. The molecular formula is C25H22F2O2. The van der Waals surface area contributed by atoms with Gasteiger partial charge in [0.05, 0.1) is 0 Å². The summed E-state index contributed by atoms with van der Waals surface area (Å²) in [6.45, 7) is -2.83. The van der Waals surface area contributed by atoms with Crippen LogP contribution < -0.4 is 9.47 Å². The summed E-state index contributed by atoms with van der Waals surface area (Å²) in [6.07, 6.45) is 8.27. The van der Waals surface area contributed by atoms with Gasteiger partial charge >= 0.3 is 6.61 Å². The van der Waals surface area contributed by atoms with E-state index >= 15 is 0 Å². The van der Waals surface area contributed by atoms with Gasteiger partial charge in [0, 0.05) is 5.92 Å². The number of para-hydroxylation sites is 1. The summed E-state index contributed by atoms with van der Waals surface area (Å²) in [7, 11) is 0. The first-order valence-corrected chi connectivity index (χ1v) is 9.47. The fraction of sp³-hybridized carbons (Fsp3) is 0.200. The van der Waals surface area contributed by atoms with E-state index in [9.17, 15) is 8.78 Å². The summed E-state index contributed by atoms with van der Waals surface area (Å²) in [6, 6.07) is 24.2. The molecule has 0 heterocycles. The smallest absolute Gasteiger partial charge is 0.387 e. The molecule has 3 aromatic carbocycles. The second-order valence-electron chi connectivity index (χ2n) is 6.62. The molecule has 0 fully saturated rings. The van der Waals surface area contributed by atoms with Crippen LogP contribution in [0.1, 0.15) is 29.9 Å². The Kier molecular flexibility index (Phi) is 7.24. The van der Waals surface area contributed by atoms with Gasteiger partial charge in [0.1, 0.15) is 17.2 Å². The van der Waals surface area contributed by atoms with Crippen LogP contribution in [0.25, 0.3) is 0 Å². The summed E-state index contributed by atoms with van der Waals surface area (Å²) < 4.78 is 34.8. The molecule has 0 amide bonds. The van der Waals surface area contributed by atoms with Gasteiger partial charge in [-0.1, -0.05) is 48.4 Å². The average Bonchev–Trinajstić information content (AvgIpc) is 2.73. The molecular weight excluding hydrogens is 370 g/mol. The van der Waals surface area contributed by atoms with Gasteiger partial charge in [-0.25, -0.2) is 0 Å². The molecule has 0 aliphatic carbocycles. The largest absolute Gasteiger partial charge is 0.457 e. The van der Waals surface area contributed by atoms with Gasteiger partial charge in [-0.05, 0) is 66.8 Å². The lowest BCUT2D eigenvalue weighted by Crippen LogP contribution is -2.02. The van der Waals surface area contributed by atoms with Crippen LogP contribution in [0, 0.1) is 12.3 Å². The minimum absolute atomic E-state index is 0.0700. The number of benzene rings is 3. The Morgan fingerprint density at radius 3 is 2.24 bits per heavy atom. The van der Waals surface area contributed by atoms with Gasteiger partial charge in [0.2, 0.25) is 0 Å². The molecule has 0 aromatic heterocycles. The maximum absolute atomic E-state index is 12.3. The van der Waals surface area contributed by atoms with Crippen molar-refractivity contribution in [2.75, 3.05) is 0 Å². The molecule has 0 aliphatic heterocycles. The van der Waals surface area contributed by atoms with Crippen molar-refractivity contribution in [3.8, 4) is 29.6 Å². The Morgan fingerprint density at radius 1 is 0.828 bits per heavy atom. The van der Waals surface area contributed by atoms with E-state index in [-0.39, 0.29) is 11.7 Å². The van der Waals surface area contributed by atoms with Crippen molar-refractivity contribution in [1.82, 2.24) is 0 Å². The van der Waals surface area contributed by atoms with E-state index in [1.165, 1.54) is 17.7 Å². The highest BCUT2D eigenvalue weighted by Gasteiger charge is 2.10. The highest BCUT2D eigenvalue weighted by atomic mass is 19.3. The van der Waals surface area contributed by atoms with E-state index in [1.54, 1.807) is 12.1 Å². The zero-order valence-corrected chi connectivity index (χ0v) is 15.9. The Labute approximate surface area is 170 Å². The summed E-state index contributed by atoms with van der Waals surface area (Å²) in [4.78, 5) is 0. The highest BCUT2D eigenvalue weighted by molar-refractivity contribution is 5.35. The summed E-state index contributed by atoms with van der Waals surface area (Å²) in [5.74, 6) is 4.46. The predicted octanol–water partition coefficient (Wildman–Crippen LogP) is 6.82. The number of aryl methyl sites for hydroxylation is 1. The monoisotopic (exact) mass is 392 g/mol. The van der Waals surface area contributed by atoms with Crippen LogP contribution in [-0.2, 0) is 6.42 Å². The Balaban J connectivity index is 1.54. The van der Waals surface area contributed by atoms with Crippen LogP contribution in [0.4, 0.5) is 8.78 Å². The molecule has 0 spiro atoms. The number of hydrogen-bond acceptors (Lipinski definition) is 2. The second kappa shape index (κ2) is 10.3. The van der Waals surface area contributed by atoms with Crippen LogP contribution in [0.3, 0.4) is 0 Å². The van der Waals surface area contributed by atoms with E-state index in [2.05, 4.69) is 16.7 Å². The van der Waals surface area contributed by atoms with Crippen molar-refractivity contribution in [2.45, 2.75) is 31.8 Å². The molecule has 4 heteroatoms. The normalized spacial score (nSPS) is 11.7. The van der Waals surface area contributed by atoms with Crippen molar-refractivity contribution < 1.29 is 18.3 Å². The molecule has 0 N–H and O–H groups in total. The molecule has 0 saturated heterocycles. The molecule has 3 aromatic rings. The van der Waals surface area contributed by atoms with Crippen molar-refractivity contribution in [1.29, 1.82) is 0 Å². The van der Waals surface area contributed by atoms with Crippen LogP contribution in [0.2, 0.25) is 0 Å².